The van der Waals surface area contributed by atoms with Crippen molar-refractivity contribution in [3.05, 3.63) is 68.3 Å². The van der Waals surface area contributed by atoms with Crippen LogP contribution in [-0.4, -0.2) is 18.5 Å². The molecule has 0 nitrogen and oxygen atoms in total. The van der Waals surface area contributed by atoms with Gasteiger partial charge in [0.25, 0.3) is 0 Å². The van der Waals surface area contributed by atoms with Gasteiger partial charge in [-0.3, -0.25) is 0 Å². The molecule has 128 valence electrons. The summed E-state index contributed by atoms with van der Waals surface area (Å²) in [5, 5.41) is 1.62. The molecule has 0 amide bonds. The number of hydrogen-bond donors (Lipinski definition) is 0. The molecule has 0 unspecified atom stereocenters. The van der Waals surface area contributed by atoms with Crippen LogP contribution in [0.4, 0.5) is 0 Å². The summed E-state index contributed by atoms with van der Waals surface area (Å²) in [5.74, 6) is 0. The van der Waals surface area contributed by atoms with Gasteiger partial charge in [-0.05, 0) is 50.7 Å². The van der Waals surface area contributed by atoms with Gasteiger partial charge in [-0.2, -0.15) is 0 Å². The van der Waals surface area contributed by atoms with Gasteiger partial charge in [0, 0.05) is 7.26 Å². The van der Waals surface area contributed by atoms with Crippen LogP contribution in [0.1, 0.15) is 38.5 Å². The Kier molecular flexibility index (Phi) is 13.4. The summed E-state index contributed by atoms with van der Waals surface area (Å²) in [4.78, 5) is 0. The average molecular weight is 395 g/mol. The van der Waals surface area contributed by atoms with Gasteiger partial charge in [0.1, 0.15) is 0 Å². The van der Waals surface area contributed by atoms with E-state index in [1.807, 2.05) is 0 Å². The monoisotopic (exact) mass is 394 g/mol. The molecule has 0 aromatic heterocycles. The Labute approximate surface area is 154 Å². The van der Waals surface area contributed by atoms with E-state index in [1.54, 1.807) is 5.30 Å². The average Bonchev–Trinajstić information content (AvgIpc) is 2.56. The zero-order chi connectivity index (χ0) is 16.1. The molecule has 0 aliphatic rings. The molecule has 0 saturated carbocycles. The summed E-state index contributed by atoms with van der Waals surface area (Å²) in [6.45, 7) is 11.7. The Hall–Kier alpha value is -0.650. The molecule has 1 aromatic rings. The number of unbranched alkanes of at least 4 members (excludes halogenated alkanes) is 3. The highest BCUT2D eigenvalue weighted by atomic mass is 79.9. The summed E-state index contributed by atoms with van der Waals surface area (Å²) in [6.07, 6.45) is 17.5. The van der Waals surface area contributed by atoms with Crippen LogP contribution < -0.4 is 22.3 Å². The lowest BCUT2D eigenvalue weighted by Gasteiger charge is -2.28. The molecule has 0 bridgehead atoms. The fourth-order valence-corrected chi connectivity index (χ4v) is 7.70. The molecule has 0 aliphatic heterocycles. The Bertz CT molecular complexity index is 402. The van der Waals surface area contributed by atoms with Gasteiger partial charge >= 0.3 is 0 Å². The van der Waals surface area contributed by atoms with E-state index >= 15 is 0 Å². The molecule has 0 saturated heterocycles. The van der Waals surface area contributed by atoms with Crippen molar-refractivity contribution in [3.63, 3.8) is 0 Å². The molecule has 23 heavy (non-hydrogen) atoms. The van der Waals surface area contributed by atoms with Gasteiger partial charge in [-0.1, -0.05) is 36.4 Å². The first-order valence-electron chi connectivity index (χ1n) is 8.53. The zero-order valence-corrected chi connectivity index (χ0v) is 16.9. The summed E-state index contributed by atoms with van der Waals surface area (Å²) in [5.41, 5.74) is 0. The first kappa shape index (κ1) is 22.4. The smallest absolute Gasteiger partial charge is 0.0939 e. The lowest BCUT2D eigenvalue weighted by Crippen LogP contribution is -3.00. The second kappa shape index (κ2) is 13.8. The molecule has 1 rings (SSSR count). The van der Waals surface area contributed by atoms with E-state index in [0.29, 0.717) is 0 Å². The summed E-state index contributed by atoms with van der Waals surface area (Å²) in [7, 11) is -1.08. The molecular weight excluding hydrogens is 363 g/mol. The van der Waals surface area contributed by atoms with Crippen LogP contribution in [0.5, 0.6) is 0 Å². The van der Waals surface area contributed by atoms with Gasteiger partial charge in [-0.15, -0.1) is 19.7 Å². The summed E-state index contributed by atoms with van der Waals surface area (Å²) < 4.78 is 0. The molecule has 0 radical (unpaired) electrons. The van der Waals surface area contributed by atoms with Gasteiger partial charge < -0.3 is 17.0 Å². The number of rotatable bonds is 13. The van der Waals surface area contributed by atoms with Crippen molar-refractivity contribution in [3.8, 4) is 0 Å². The van der Waals surface area contributed by atoms with Crippen molar-refractivity contribution in [2.24, 2.45) is 0 Å². The molecular formula is C21H32BrP. The Morgan fingerprint density at radius 2 is 1.09 bits per heavy atom. The molecule has 0 fully saturated rings. The Balaban J connectivity index is 0.00000484. The fraction of sp³-hybridized carbons (Fsp3) is 0.429. The molecule has 1 aromatic carbocycles. The van der Waals surface area contributed by atoms with Crippen LogP contribution in [0.3, 0.4) is 0 Å². The van der Waals surface area contributed by atoms with Crippen molar-refractivity contribution in [2.45, 2.75) is 38.5 Å². The number of halogens is 1. The minimum atomic E-state index is -1.08. The van der Waals surface area contributed by atoms with Gasteiger partial charge in [0.05, 0.1) is 23.8 Å². The van der Waals surface area contributed by atoms with E-state index in [2.05, 4.69) is 68.3 Å². The first-order valence-corrected chi connectivity index (χ1v) is 10.9. The third-order valence-corrected chi connectivity index (χ3v) is 9.20. The highest BCUT2D eigenvalue weighted by Gasteiger charge is 2.37. The highest BCUT2D eigenvalue weighted by Crippen LogP contribution is 2.59. The standard InChI is InChI=1S/C21H32P.BrH/c1-4-7-13-18-22(19-14-8-5-2,20-15-9-6-3)21-16-11-10-12-17-21;/h4-6,10-12,16-17H,1-3,7-9,13-15,18-20H2;1H/q+1;/p-1. The minimum Gasteiger partial charge on any atom is -1.00 e. The maximum absolute atomic E-state index is 3.89. The van der Waals surface area contributed by atoms with Crippen LogP contribution >= 0.6 is 7.26 Å². The molecule has 0 spiro atoms. The van der Waals surface area contributed by atoms with E-state index in [4.69, 9.17) is 0 Å². The van der Waals surface area contributed by atoms with Gasteiger partial charge in [-0.25, -0.2) is 0 Å². The maximum atomic E-state index is 3.89. The lowest BCUT2D eigenvalue weighted by molar-refractivity contribution is -0.00000462. The van der Waals surface area contributed by atoms with E-state index in [1.165, 1.54) is 37.7 Å². The van der Waals surface area contributed by atoms with E-state index in [-0.39, 0.29) is 17.0 Å². The van der Waals surface area contributed by atoms with Crippen LogP contribution in [0.15, 0.2) is 68.3 Å². The van der Waals surface area contributed by atoms with Gasteiger partial charge in [0.2, 0.25) is 0 Å². The van der Waals surface area contributed by atoms with Crippen LogP contribution in [0.25, 0.3) is 0 Å². The normalized spacial score (nSPS) is 10.6. The molecule has 2 heteroatoms. The van der Waals surface area contributed by atoms with E-state index in [0.717, 1.165) is 19.3 Å². The number of benzene rings is 1. The van der Waals surface area contributed by atoms with Gasteiger partial charge in [0.15, 0.2) is 0 Å². The van der Waals surface area contributed by atoms with Crippen LogP contribution in [0, 0.1) is 0 Å². The molecule has 0 heterocycles. The van der Waals surface area contributed by atoms with E-state index < -0.39 is 7.26 Å². The number of hydrogen-bond acceptors (Lipinski definition) is 0. The van der Waals surface area contributed by atoms with E-state index in [9.17, 15) is 0 Å². The molecule has 0 atom stereocenters. The topological polar surface area (TPSA) is 0 Å². The maximum Gasteiger partial charge on any atom is 0.0939 e. The second-order valence-corrected chi connectivity index (χ2v) is 10.1. The van der Waals surface area contributed by atoms with Crippen LogP contribution in [-0.2, 0) is 0 Å². The summed E-state index contributed by atoms with van der Waals surface area (Å²) >= 11 is 0. The predicted octanol–water partition coefficient (Wildman–Crippen LogP) is 3.23. The van der Waals surface area contributed by atoms with Crippen molar-refractivity contribution in [1.29, 1.82) is 0 Å². The third kappa shape index (κ3) is 8.13. The second-order valence-electron chi connectivity index (χ2n) is 5.94. The minimum absolute atomic E-state index is 0. The summed E-state index contributed by atoms with van der Waals surface area (Å²) in [6, 6.07) is 11.3. The predicted molar refractivity (Wildman–Crippen MR) is 106 cm³/mol. The number of allylic oxidation sites excluding steroid dienone is 3. The zero-order valence-electron chi connectivity index (χ0n) is 14.4. The largest absolute Gasteiger partial charge is 1.00 e. The van der Waals surface area contributed by atoms with Crippen molar-refractivity contribution in [1.82, 2.24) is 0 Å². The lowest BCUT2D eigenvalue weighted by atomic mass is 10.3. The van der Waals surface area contributed by atoms with Crippen molar-refractivity contribution in [2.75, 3.05) is 18.5 Å². The third-order valence-electron chi connectivity index (χ3n) is 4.29. The van der Waals surface area contributed by atoms with Crippen molar-refractivity contribution < 1.29 is 17.0 Å². The quantitative estimate of drug-likeness (QED) is 0.273. The Morgan fingerprint density at radius 1 is 0.696 bits per heavy atom. The fourth-order valence-electron chi connectivity index (χ4n) is 3.08. The molecule has 0 N–H and O–H groups in total. The Morgan fingerprint density at radius 3 is 1.43 bits per heavy atom. The SMILES string of the molecule is C=CCCC[P+](CCCC=C)(CCCC=C)c1ccccc1.[Br-]. The highest BCUT2D eigenvalue weighted by molar-refractivity contribution is 7.82. The van der Waals surface area contributed by atoms with Crippen molar-refractivity contribution >= 4 is 12.6 Å². The first-order chi connectivity index (χ1) is 10.8. The van der Waals surface area contributed by atoms with Crippen LogP contribution in [0.2, 0.25) is 0 Å². The molecule has 0 aliphatic carbocycles.